The molecular formula is C17H21NO2. The van der Waals surface area contributed by atoms with E-state index in [-0.39, 0.29) is 5.75 Å². The zero-order valence-electron chi connectivity index (χ0n) is 12.0. The average Bonchev–Trinajstić information content (AvgIpc) is 2.43. The third-order valence-corrected chi connectivity index (χ3v) is 3.50. The molecule has 3 N–H and O–H groups in total. The first-order valence-corrected chi connectivity index (χ1v) is 6.79. The van der Waals surface area contributed by atoms with Gasteiger partial charge in [-0.3, -0.25) is 0 Å². The van der Waals surface area contributed by atoms with Crippen molar-refractivity contribution in [3.8, 4) is 11.5 Å². The first kappa shape index (κ1) is 14.4. The summed E-state index contributed by atoms with van der Waals surface area (Å²) in [5, 5.41) is 9.48. The minimum Gasteiger partial charge on any atom is -0.508 e. The van der Waals surface area contributed by atoms with Gasteiger partial charge in [-0.15, -0.1) is 0 Å². The van der Waals surface area contributed by atoms with Gasteiger partial charge < -0.3 is 15.6 Å². The Kier molecular flexibility index (Phi) is 4.30. The van der Waals surface area contributed by atoms with Gasteiger partial charge in [-0.1, -0.05) is 30.3 Å². The molecule has 0 bridgehead atoms. The van der Waals surface area contributed by atoms with Gasteiger partial charge in [0, 0.05) is 6.42 Å². The summed E-state index contributed by atoms with van der Waals surface area (Å²) in [5.41, 5.74) is 7.28. The lowest BCUT2D eigenvalue weighted by Crippen LogP contribution is -2.32. The van der Waals surface area contributed by atoms with Gasteiger partial charge in [0.25, 0.3) is 0 Å². The summed E-state index contributed by atoms with van der Waals surface area (Å²) in [7, 11) is 0. The van der Waals surface area contributed by atoms with E-state index in [1.807, 2.05) is 44.2 Å². The Bertz CT molecular complexity index is 568. The van der Waals surface area contributed by atoms with Gasteiger partial charge >= 0.3 is 0 Å². The molecule has 0 heterocycles. The van der Waals surface area contributed by atoms with Crippen LogP contribution in [0, 0.1) is 6.92 Å². The highest BCUT2D eigenvalue weighted by Crippen LogP contribution is 2.33. The molecule has 0 amide bonds. The van der Waals surface area contributed by atoms with Crippen LogP contribution in [0.5, 0.6) is 11.5 Å². The molecule has 3 nitrogen and oxygen atoms in total. The molecule has 2 rings (SSSR count). The smallest absolute Gasteiger partial charge is 0.132 e. The van der Waals surface area contributed by atoms with E-state index in [0.717, 1.165) is 23.3 Å². The number of ether oxygens (including phenoxy) is 1. The minimum atomic E-state index is -0.474. The normalized spacial score (nSPS) is 13.8. The van der Waals surface area contributed by atoms with Crippen LogP contribution >= 0.6 is 0 Å². The van der Waals surface area contributed by atoms with Crippen LogP contribution < -0.4 is 10.5 Å². The number of hydrogen-bond donors (Lipinski definition) is 2. The molecule has 0 aliphatic rings. The Balaban J connectivity index is 2.34. The summed E-state index contributed by atoms with van der Waals surface area (Å²) in [5.74, 6) is 1.01. The third kappa shape index (κ3) is 3.11. The van der Waals surface area contributed by atoms with Crippen molar-refractivity contribution in [2.75, 3.05) is 6.54 Å². The Labute approximate surface area is 120 Å². The van der Waals surface area contributed by atoms with Crippen LogP contribution in [0.25, 0.3) is 0 Å². The topological polar surface area (TPSA) is 55.5 Å². The third-order valence-electron chi connectivity index (χ3n) is 3.50. The van der Waals surface area contributed by atoms with Crippen LogP contribution in [-0.2, 0) is 5.60 Å². The molecule has 0 aliphatic carbocycles. The second-order valence-corrected chi connectivity index (χ2v) is 5.19. The number of aromatic hydroxyl groups is 1. The molecule has 1 unspecified atom stereocenters. The molecule has 20 heavy (non-hydrogen) atoms. The molecule has 1 atom stereocenters. The van der Waals surface area contributed by atoms with Crippen molar-refractivity contribution in [2.45, 2.75) is 25.9 Å². The predicted molar refractivity (Wildman–Crippen MR) is 80.9 cm³/mol. The van der Waals surface area contributed by atoms with Crippen LogP contribution in [0.4, 0.5) is 0 Å². The molecule has 0 saturated heterocycles. The lowest BCUT2D eigenvalue weighted by atomic mass is 9.92. The van der Waals surface area contributed by atoms with Crippen molar-refractivity contribution in [1.29, 1.82) is 0 Å². The van der Waals surface area contributed by atoms with Gasteiger partial charge in [0.05, 0.1) is 0 Å². The maximum absolute atomic E-state index is 9.48. The second-order valence-electron chi connectivity index (χ2n) is 5.19. The Morgan fingerprint density at radius 3 is 2.45 bits per heavy atom. The van der Waals surface area contributed by atoms with Crippen molar-refractivity contribution < 1.29 is 9.84 Å². The minimum absolute atomic E-state index is 0.245. The standard InChI is InChI=1S/C17H21NO2/c1-13-12-15(19)8-9-16(13)20-17(2,10-11-18)14-6-4-3-5-7-14/h3-9,12,19H,10-11,18H2,1-2H3. The molecule has 106 valence electrons. The molecule has 2 aromatic carbocycles. The van der Waals surface area contributed by atoms with E-state index in [9.17, 15) is 5.11 Å². The molecule has 0 aliphatic heterocycles. The monoisotopic (exact) mass is 271 g/mol. The summed E-state index contributed by atoms with van der Waals surface area (Å²) < 4.78 is 6.22. The number of benzene rings is 2. The summed E-state index contributed by atoms with van der Waals surface area (Å²) in [4.78, 5) is 0. The van der Waals surface area contributed by atoms with Gasteiger partial charge in [0.1, 0.15) is 17.1 Å². The lowest BCUT2D eigenvalue weighted by molar-refractivity contribution is 0.0787. The fourth-order valence-electron chi connectivity index (χ4n) is 2.31. The SMILES string of the molecule is Cc1cc(O)ccc1OC(C)(CCN)c1ccccc1. The van der Waals surface area contributed by atoms with E-state index in [2.05, 4.69) is 0 Å². The fourth-order valence-corrected chi connectivity index (χ4v) is 2.31. The quantitative estimate of drug-likeness (QED) is 0.877. The Hall–Kier alpha value is -2.00. The van der Waals surface area contributed by atoms with E-state index < -0.39 is 5.60 Å². The van der Waals surface area contributed by atoms with Crippen molar-refractivity contribution in [3.05, 3.63) is 59.7 Å². The van der Waals surface area contributed by atoms with Crippen molar-refractivity contribution in [3.63, 3.8) is 0 Å². The molecule has 0 radical (unpaired) electrons. The molecule has 0 spiro atoms. The lowest BCUT2D eigenvalue weighted by Gasteiger charge is -2.31. The summed E-state index contributed by atoms with van der Waals surface area (Å²) in [6.45, 7) is 4.51. The van der Waals surface area contributed by atoms with Crippen LogP contribution in [0.2, 0.25) is 0 Å². The van der Waals surface area contributed by atoms with Crippen LogP contribution in [0.3, 0.4) is 0 Å². The summed E-state index contributed by atoms with van der Waals surface area (Å²) in [6, 6.07) is 15.2. The second kappa shape index (κ2) is 5.97. The number of aryl methyl sites for hydroxylation is 1. The first-order valence-electron chi connectivity index (χ1n) is 6.79. The van der Waals surface area contributed by atoms with Gasteiger partial charge in [-0.05, 0) is 49.7 Å². The van der Waals surface area contributed by atoms with E-state index in [4.69, 9.17) is 10.5 Å². The molecular weight excluding hydrogens is 250 g/mol. The molecule has 0 aromatic heterocycles. The van der Waals surface area contributed by atoms with Gasteiger partial charge in [-0.2, -0.15) is 0 Å². The van der Waals surface area contributed by atoms with Gasteiger partial charge in [-0.25, -0.2) is 0 Å². The van der Waals surface area contributed by atoms with Crippen LogP contribution in [0.1, 0.15) is 24.5 Å². The van der Waals surface area contributed by atoms with Gasteiger partial charge in [0.15, 0.2) is 0 Å². The predicted octanol–water partition coefficient (Wildman–Crippen LogP) is 3.34. The highest BCUT2D eigenvalue weighted by atomic mass is 16.5. The first-order chi connectivity index (χ1) is 9.55. The number of nitrogens with two attached hydrogens (primary N) is 1. The number of hydrogen-bond acceptors (Lipinski definition) is 3. The van der Waals surface area contributed by atoms with Crippen LogP contribution in [0.15, 0.2) is 48.5 Å². The summed E-state index contributed by atoms with van der Waals surface area (Å²) >= 11 is 0. The zero-order valence-corrected chi connectivity index (χ0v) is 12.0. The van der Waals surface area contributed by atoms with E-state index >= 15 is 0 Å². The Morgan fingerprint density at radius 1 is 1.15 bits per heavy atom. The molecule has 2 aromatic rings. The van der Waals surface area contributed by atoms with Crippen LogP contribution in [-0.4, -0.2) is 11.7 Å². The molecule has 3 heteroatoms. The largest absolute Gasteiger partial charge is 0.508 e. The van der Waals surface area contributed by atoms with E-state index in [1.165, 1.54) is 0 Å². The number of rotatable bonds is 5. The molecule has 0 saturated carbocycles. The maximum atomic E-state index is 9.48. The van der Waals surface area contributed by atoms with Crippen molar-refractivity contribution in [2.24, 2.45) is 5.73 Å². The van der Waals surface area contributed by atoms with E-state index in [1.54, 1.807) is 18.2 Å². The fraction of sp³-hybridized carbons (Fsp3) is 0.294. The van der Waals surface area contributed by atoms with Crippen molar-refractivity contribution in [1.82, 2.24) is 0 Å². The summed E-state index contributed by atoms with van der Waals surface area (Å²) in [6.07, 6.45) is 0.720. The van der Waals surface area contributed by atoms with Gasteiger partial charge in [0.2, 0.25) is 0 Å². The van der Waals surface area contributed by atoms with E-state index in [0.29, 0.717) is 6.54 Å². The Morgan fingerprint density at radius 2 is 1.85 bits per heavy atom. The highest BCUT2D eigenvalue weighted by Gasteiger charge is 2.28. The maximum Gasteiger partial charge on any atom is 0.132 e. The number of phenolic OH excluding ortho intramolecular Hbond substituents is 1. The highest BCUT2D eigenvalue weighted by molar-refractivity contribution is 5.39. The van der Waals surface area contributed by atoms with Crippen molar-refractivity contribution >= 4 is 0 Å². The average molecular weight is 271 g/mol. The zero-order chi connectivity index (χ0) is 14.6. The number of phenols is 1. The molecule has 0 fully saturated rings.